The van der Waals surface area contributed by atoms with Gasteiger partial charge in [-0.3, -0.25) is 0 Å². The number of aliphatic hydroxyl groups is 2. The molecular weight excluding hydrogens is 168 g/mol. The van der Waals surface area contributed by atoms with Gasteiger partial charge in [0.2, 0.25) is 0 Å². The highest BCUT2D eigenvalue weighted by atomic mass is 16.6. The quantitative estimate of drug-likeness (QED) is 0.656. The van der Waals surface area contributed by atoms with Gasteiger partial charge in [0.15, 0.2) is 6.29 Å². The summed E-state index contributed by atoms with van der Waals surface area (Å²) in [7, 11) is 0. The Morgan fingerprint density at radius 2 is 1.85 bits per heavy atom. The van der Waals surface area contributed by atoms with Gasteiger partial charge in [-0.05, 0) is 19.3 Å². The first kappa shape index (κ1) is 11.0. The molecule has 0 amide bonds. The average molecular weight is 188 g/mol. The van der Waals surface area contributed by atoms with Crippen LogP contribution in [0.3, 0.4) is 0 Å². The minimum Gasteiger partial charge on any atom is -0.388 e. The van der Waals surface area contributed by atoms with Crippen LogP contribution in [-0.2, 0) is 4.74 Å². The van der Waals surface area contributed by atoms with E-state index in [1.807, 2.05) is 6.92 Å². The van der Waals surface area contributed by atoms with Gasteiger partial charge in [0.1, 0.15) is 6.10 Å². The summed E-state index contributed by atoms with van der Waals surface area (Å²) >= 11 is 0. The average Bonchev–Trinajstić information content (AvgIpc) is 2.18. The second-order valence-electron chi connectivity index (χ2n) is 3.76. The molecule has 78 valence electrons. The number of hydrogen-bond acceptors (Lipinski definition) is 3. The van der Waals surface area contributed by atoms with E-state index in [1.54, 1.807) is 0 Å². The van der Waals surface area contributed by atoms with Crippen LogP contribution in [-0.4, -0.2) is 28.7 Å². The van der Waals surface area contributed by atoms with Gasteiger partial charge >= 0.3 is 0 Å². The summed E-state index contributed by atoms with van der Waals surface area (Å²) in [6.07, 6.45) is 4.64. The molecule has 0 aromatic rings. The van der Waals surface area contributed by atoms with Gasteiger partial charge in [-0.1, -0.05) is 26.2 Å². The third kappa shape index (κ3) is 3.63. The fourth-order valence-corrected chi connectivity index (χ4v) is 1.69. The molecule has 0 heterocycles. The fraction of sp³-hybridized carbons (Fsp3) is 1.00. The zero-order valence-corrected chi connectivity index (χ0v) is 8.28. The molecule has 1 aliphatic rings. The summed E-state index contributed by atoms with van der Waals surface area (Å²) in [5.74, 6) is 0. The Bertz CT molecular complexity index is 132. The number of ether oxygens (including phenoxy) is 1. The summed E-state index contributed by atoms with van der Waals surface area (Å²) in [5, 5.41) is 18.7. The molecule has 0 aliphatic heterocycles. The molecule has 3 heteroatoms. The topological polar surface area (TPSA) is 49.7 Å². The lowest BCUT2D eigenvalue weighted by Crippen LogP contribution is -2.33. The molecule has 0 spiro atoms. The number of aliphatic hydroxyl groups excluding tert-OH is 2. The minimum atomic E-state index is -0.993. The number of hydrogen-bond donors (Lipinski definition) is 2. The summed E-state index contributed by atoms with van der Waals surface area (Å²) in [6.45, 7) is 1.83. The van der Waals surface area contributed by atoms with E-state index in [-0.39, 0.29) is 6.10 Å². The Labute approximate surface area is 79.7 Å². The van der Waals surface area contributed by atoms with Crippen molar-refractivity contribution in [3.8, 4) is 0 Å². The van der Waals surface area contributed by atoms with Crippen molar-refractivity contribution in [3.05, 3.63) is 0 Å². The highest BCUT2D eigenvalue weighted by molar-refractivity contribution is 4.67. The van der Waals surface area contributed by atoms with Gasteiger partial charge in [0.05, 0.1) is 6.10 Å². The fourth-order valence-electron chi connectivity index (χ4n) is 1.69. The summed E-state index contributed by atoms with van der Waals surface area (Å²) in [4.78, 5) is 0. The molecule has 1 rings (SSSR count). The summed E-state index contributed by atoms with van der Waals surface area (Å²) < 4.78 is 5.35. The molecule has 0 bridgehead atoms. The van der Waals surface area contributed by atoms with Gasteiger partial charge in [-0.2, -0.15) is 0 Å². The van der Waals surface area contributed by atoms with E-state index >= 15 is 0 Å². The lowest BCUT2D eigenvalue weighted by atomic mass is 9.98. The minimum absolute atomic E-state index is 0.157. The highest BCUT2D eigenvalue weighted by Gasteiger charge is 2.21. The number of rotatable bonds is 4. The van der Waals surface area contributed by atoms with Crippen LogP contribution in [0.4, 0.5) is 0 Å². The second kappa shape index (κ2) is 5.58. The monoisotopic (exact) mass is 188 g/mol. The summed E-state index contributed by atoms with van der Waals surface area (Å²) in [6, 6.07) is 0. The van der Waals surface area contributed by atoms with Crippen LogP contribution in [0, 0.1) is 0 Å². The molecule has 2 N–H and O–H groups in total. The van der Waals surface area contributed by atoms with Crippen LogP contribution in [0.5, 0.6) is 0 Å². The van der Waals surface area contributed by atoms with E-state index in [9.17, 15) is 10.2 Å². The second-order valence-corrected chi connectivity index (χ2v) is 3.76. The van der Waals surface area contributed by atoms with Crippen molar-refractivity contribution in [1.29, 1.82) is 0 Å². The normalized spacial score (nSPS) is 24.2. The van der Waals surface area contributed by atoms with E-state index in [2.05, 4.69) is 0 Å². The van der Waals surface area contributed by atoms with Crippen molar-refractivity contribution < 1.29 is 14.9 Å². The summed E-state index contributed by atoms with van der Waals surface area (Å²) in [5.41, 5.74) is 0. The molecule has 13 heavy (non-hydrogen) atoms. The predicted molar refractivity (Wildman–Crippen MR) is 50.3 cm³/mol. The van der Waals surface area contributed by atoms with Crippen LogP contribution in [0.15, 0.2) is 0 Å². The zero-order chi connectivity index (χ0) is 9.68. The highest BCUT2D eigenvalue weighted by Crippen LogP contribution is 2.21. The van der Waals surface area contributed by atoms with Crippen LogP contribution in [0.1, 0.15) is 45.4 Å². The Balaban J connectivity index is 2.21. The third-order valence-corrected chi connectivity index (χ3v) is 2.63. The molecule has 1 aliphatic carbocycles. The third-order valence-electron chi connectivity index (χ3n) is 2.63. The van der Waals surface area contributed by atoms with Gasteiger partial charge in [-0.15, -0.1) is 0 Å². The first-order valence-electron chi connectivity index (χ1n) is 5.25. The van der Waals surface area contributed by atoms with Crippen molar-refractivity contribution in [2.45, 2.75) is 63.9 Å². The first-order chi connectivity index (χ1) is 6.24. The van der Waals surface area contributed by atoms with Gasteiger partial charge in [0, 0.05) is 0 Å². The van der Waals surface area contributed by atoms with Gasteiger partial charge in [0.25, 0.3) is 0 Å². The van der Waals surface area contributed by atoms with Crippen molar-refractivity contribution in [2.75, 3.05) is 0 Å². The van der Waals surface area contributed by atoms with Crippen LogP contribution >= 0.6 is 0 Å². The molecule has 2 atom stereocenters. The van der Waals surface area contributed by atoms with E-state index in [1.165, 1.54) is 19.3 Å². The molecule has 3 nitrogen and oxygen atoms in total. The SMILES string of the molecule is CCC(O)C(O)OC1CCCCC1. The van der Waals surface area contributed by atoms with E-state index in [0.717, 1.165) is 12.8 Å². The molecule has 1 saturated carbocycles. The lowest BCUT2D eigenvalue weighted by Gasteiger charge is -2.26. The Morgan fingerprint density at radius 3 is 2.38 bits per heavy atom. The molecular formula is C10H20O3. The van der Waals surface area contributed by atoms with E-state index in [4.69, 9.17) is 4.74 Å². The van der Waals surface area contributed by atoms with Crippen LogP contribution in [0.25, 0.3) is 0 Å². The maximum Gasteiger partial charge on any atom is 0.181 e. The first-order valence-corrected chi connectivity index (χ1v) is 5.25. The van der Waals surface area contributed by atoms with Crippen LogP contribution in [0.2, 0.25) is 0 Å². The lowest BCUT2D eigenvalue weighted by molar-refractivity contribution is -0.193. The molecule has 0 aromatic heterocycles. The zero-order valence-electron chi connectivity index (χ0n) is 8.28. The Hall–Kier alpha value is -0.120. The van der Waals surface area contributed by atoms with Gasteiger partial charge in [-0.25, -0.2) is 0 Å². The van der Waals surface area contributed by atoms with Crippen LogP contribution < -0.4 is 0 Å². The van der Waals surface area contributed by atoms with Crippen molar-refractivity contribution in [2.24, 2.45) is 0 Å². The molecule has 0 aromatic carbocycles. The maximum atomic E-state index is 9.40. The standard InChI is InChI=1S/C10H20O3/c1-2-9(11)10(12)13-8-6-4-3-5-7-8/h8-12H,2-7H2,1H3. The Morgan fingerprint density at radius 1 is 1.23 bits per heavy atom. The van der Waals surface area contributed by atoms with Gasteiger partial charge < -0.3 is 14.9 Å². The maximum absolute atomic E-state index is 9.40. The molecule has 0 saturated heterocycles. The molecule has 1 fully saturated rings. The Kier molecular flexibility index (Phi) is 4.70. The predicted octanol–water partition coefficient (Wildman–Crippen LogP) is 1.43. The van der Waals surface area contributed by atoms with Crippen molar-refractivity contribution in [1.82, 2.24) is 0 Å². The van der Waals surface area contributed by atoms with Crippen molar-refractivity contribution >= 4 is 0 Å². The largest absolute Gasteiger partial charge is 0.388 e. The molecule has 2 unspecified atom stereocenters. The molecule has 0 radical (unpaired) electrons. The smallest absolute Gasteiger partial charge is 0.181 e. The van der Waals surface area contributed by atoms with Crippen molar-refractivity contribution in [3.63, 3.8) is 0 Å². The van der Waals surface area contributed by atoms with E-state index in [0.29, 0.717) is 6.42 Å². The van der Waals surface area contributed by atoms with E-state index < -0.39 is 12.4 Å².